The van der Waals surface area contributed by atoms with Crippen LogP contribution >= 0.6 is 0 Å². The Hall–Kier alpha value is -1.67. The van der Waals surface area contributed by atoms with Crippen LogP contribution in [0.3, 0.4) is 0 Å². The normalized spacial score (nSPS) is 46.7. The largest absolute Gasteiger partial charge is 0.504 e. The number of phenolic OH excluding ortho intramolecular Hbond substituents is 1. The lowest BCUT2D eigenvalue weighted by molar-refractivity contribution is -0.956. The molecule has 0 aromatic heterocycles. The Morgan fingerprint density at radius 1 is 1.25 bits per heavy atom. The number of ketones is 1. The number of quaternary nitrogens is 1. The molecule has 0 unspecified atom stereocenters. The summed E-state index contributed by atoms with van der Waals surface area (Å²) in [5.41, 5.74) is -1.79. The number of nitrogens with zero attached hydrogens (tertiary/aromatic N) is 1. The third-order valence-corrected chi connectivity index (χ3v) is 8.36. The Labute approximate surface area is 162 Å². The van der Waals surface area contributed by atoms with E-state index in [0.717, 1.165) is 18.4 Å². The van der Waals surface area contributed by atoms with Crippen LogP contribution in [0.4, 0.5) is 0 Å². The number of likely N-dealkylation sites (N-methyl/N-ethyl adjacent to an activating group) is 1. The number of phenols is 1. The highest BCUT2D eigenvalue weighted by Gasteiger charge is 2.80. The zero-order valence-electron chi connectivity index (χ0n) is 15.9. The standard InChI is InChI=1S/C21H25NO6/c1-22(10-19(26)6-7-19)9-15(25)21-16-11-2-3-12(23)17(16)28-18(21)13(24)4-5-20(21,27)14(22)8-11/h2-3,14-15,18,25-27H,4-10H2,1H3/p+1/t14-,15-,18+,20-,21+,22-/m1/s1. The van der Waals surface area contributed by atoms with Gasteiger partial charge in [0.1, 0.15) is 41.9 Å². The average Bonchev–Trinajstić information content (AvgIpc) is 3.20. The maximum Gasteiger partial charge on any atom is 0.174 e. The third-order valence-electron chi connectivity index (χ3n) is 8.36. The Bertz CT molecular complexity index is 928. The molecule has 150 valence electrons. The lowest BCUT2D eigenvalue weighted by Crippen LogP contribution is -2.85. The van der Waals surface area contributed by atoms with E-state index in [4.69, 9.17) is 4.74 Å². The predicted octanol–water partition coefficient (Wildman–Crippen LogP) is -0.244. The van der Waals surface area contributed by atoms with Crippen LogP contribution in [0.2, 0.25) is 0 Å². The molecular formula is C21H26NO6+. The van der Waals surface area contributed by atoms with Crippen molar-refractivity contribution in [3.8, 4) is 11.5 Å². The number of ether oxygens (including phenoxy) is 1. The fourth-order valence-corrected chi connectivity index (χ4v) is 7.11. The summed E-state index contributed by atoms with van der Waals surface area (Å²) in [4.78, 5) is 12.8. The molecular weight excluding hydrogens is 362 g/mol. The number of hydrogen-bond donors (Lipinski definition) is 4. The first-order valence-corrected chi connectivity index (χ1v) is 10.2. The van der Waals surface area contributed by atoms with E-state index >= 15 is 0 Å². The lowest BCUT2D eigenvalue weighted by atomic mass is 9.47. The van der Waals surface area contributed by atoms with E-state index in [9.17, 15) is 25.2 Å². The first-order valence-electron chi connectivity index (χ1n) is 10.2. The highest BCUT2D eigenvalue weighted by atomic mass is 16.5. The summed E-state index contributed by atoms with van der Waals surface area (Å²) in [7, 11) is 2.00. The van der Waals surface area contributed by atoms with Crippen molar-refractivity contribution in [2.45, 2.75) is 67.0 Å². The van der Waals surface area contributed by atoms with Crippen LogP contribution in [0.15, 0.2) is 12.1 Å². The molecule has 3 aliphatic carbocycles. The summed E-state index contributed by atoms with van der Waals surface area (Å²) in [6.07, 6.45) is 0.485. The van der Waals surface area contributed by atoms with Crippen molar-refractivity contribution >= 4 is 5.78 Å². The predicted molar refractivity (Wildman–Crippen MR) is 97.0 cm³/mol. The Morgan fingerprint density at radius 2 is 2.00 bits per heavy atom. The molecule has 7 nitrogen and oxygen atoms in total. The number of piperidine rings is 1. The molecule has 6 atom stereocenters. The van der Waals surface area contributed by atoms with E-state index < -0.39 is 28.8 Å². The van der Waals surface area contributed by atoms with Gasteiger partial charge in [0.15, 0.2) is 23.4 Å². The van der Waals surface area contributed by atoms with Crippen molar-refractivity contribution in [3.05, 3.63) is 23.3 Å². The van der Waals surface area contributed by atoms with E-state index in [2.05, 4.69) is 0 Å². The molecule has 7 heteroatoms. The van der Waals surface area contributed by atoms with Gasteiger partial charge in [-0.05, 0) is 30.9 Å². The highest BCUT2D eigenvalue weighted by molar-refractivity contribution is 5.90. The molecule has 0 amide bonds. The molecule has 28 heavy (non-hydrogen) atoms. The number of carbonyl (C=O) groups excluding carboxylic acids is 1. The Balaban J connectivity index is 1.62. The van der Waals surface area contributed by atoms with Gasteiger partial charge in [0.05, 0.1) is 7.05 Å². The van der Waals surface area contributed by atoms with Gasteiger partial charge in [-0.1, -0.05) is 6.07 Å². The monoisotopic (exact) mass is 388 g/mol. The molecule has 2 heterocycles. The SMILES string of the molecule is C[N@+]1(CC2(O)CC2)C[C@@H](O)[C@]23c4c5ccc(O)c4O[C@H]2C(=O)CC[C@@]3(O)[C@H]1C5. The first kappa shape index (κ1) is 17.2. The molecule has 2 bridgehead atoms. The Kier molecular flexibility index (Phi) is 2.90. The number of rotatable bonds is 2. The molecule has 1 aromatic carbocycles. The van der Waals surface area contributed by atoms with Crippen LogP contribution < -0.4 is 4.74 Å². The molecule has 1 aromatic rings. The minimum Gasteiger partial charge on any atom is -0.504 e. The van der Waals surface area contributed by atoms with E-state index in [1.807, 2.05) is 13.1 Å². The van der Waals surface area contributed by atoms with Crippen molar-refractivity contribution < 1.29 is 34.4 Å². The van der Waals surface area contributed by atoms with Crippen molar-refractivity contribution in [2.24, 2.45) is 0 Å². The van der Waals surface area contributed by atoms with Gasteiger partial charge in [-0.15, -0.1) is 0 Å². The highest BCUT2D eigenvalue weighted by Crippen LogP contribution is 2.66. The Morgan fingerprint density at radius 3 is 2.71 bits per heavy atom. The number of hydrogen-bond acceptors (Lipinski definition) is 6. The maximum absolute atomic E-state index is 12.8. The molecule has 4 N–H and O–H groups in total. The van der Waals surface area contributed by atoms with E-state index in [0.29, 0.717) is 29.6 Å². The van der Waals surface area contributed by atoms with Gasteiger partial charge in [0, 0.05) is 18.4 Å². The molecule has 6 rings (SSSR count). The fourth-order valence-electron chi connectivity index (χ4n) is 7.11. The van der Waals surface area contributed by atoms with Crippen molar-refractivity contribution in [1.29, 1.82) is 0 Å². The average molecular weight is 388 g/mol. The maximum atomic E-state index is 12.8. The van der Waals surface area contributed by atoms with Gasteiger partial charge in [-0.3, -0.25) is 4.79 Å². The van der Waals surface area contributed by atoms with Crippen molar-refractivity contribution in [1.82, 2.24) is 0 Å². The molecule has 5 aliphatic rings. The van der Waals surface area contributed by atoms with E-state index in [1.165, 1.54) is 0 Å². The fraction of sp³-hybridized carbons (Fsp3) is 0.667. The van der Waals surface area contributed by atoms with Crippen LogP contribution in [0.25, 0.3) is 0 Å². The van der Waals surface area contributed by atoms with E-state index in [1.54, 1.807) is 6.07 Å². The van der Waals surface area contributed by atoms with Crippen LogP contribution in [0, 0.1) is 0 Å². The van der Waals surface area contributed by atoms with Crippen LogP contribution in [0.5, 0.6) is 11.5 Å². The number of likely N-dealkylation sites (tertiary alicyclic amines) is 1. The second kappa shape index (κ2) is 4.73. The van der Waals surface area contributed by atoms with Gasteiger partial charge in [-0.2, -0.15) is 0 Å². The number of carbonyl (C=O) groups is 1. The minimum absolute atomic E-state index is 0.0570. The second-order valence-corrected chi connectivity index (χ2v) is 9.99. The third kappa shape index (κ3) is 1.70. The zero-order valence-corrected chi connectivity index (χ0v) is 15.9. The smallest absolute Gasteiger partial charge is 0.174 e. The van der Waals surface area contributed by atoms with Gasteiger partial charge in [0.25, 0.3) is 0 Å². The van der Waals surface area contributed by atoms with Gasteiger partial charge in [-0.25, -0.2) is 0 Å². The van der Waals surface area contributed by atoms with Crippen LogP contribution in [0.1, 0.15) is 36.8 Å². The number of Topliss-reactive ketones (excluding diaryl/α,β-unsaturated/α-hetero) is 1. The quantitative estimate of drug-likeness (QED) is 0.521. The molecule has 2 saturated carbocycles. The summed E-state index contributed by atoms with van der Waals surface area (Å²) >= 11 is 0. The number of benzene rings is 1. The second-order valence-electron chi connectivity index (χ2n) is 9.99. The van der Waals surface area contributed by atoms with Crippen LogP contribution in [-0.4, -0.2) is 80.3 Å². The minimum atomic E-state index is -1.34. The van der Waals surface area contributed by atoms with Crippen LogP contribution in [-0.2, 0) is 16.6 Å². The molecule has 1 spiro atoms. The van der Waals surface area contributed by atoms with Gasteiger partial charge < -0.3 is 29.6 Å². The zero-order chi connectivity index (χ0) is 19.7. The first-order chi connectivity index (χ1) is 13.1. The molecule has 2 aliphatic heterocycles. The number of aromatic hydroxyl groups is 1. The topological polar surface area (TPSA) is 107 Å². The molecule has 1 saturated heterocycles. The van der Waals surface area contributed by atoms with Crippen molar-refractivity contribution in [2.75, 3.05) is 20.1 Å². The molecule has 0 radical (unpaired) electrons. The number of aliphatic hydroxyl groups is 3. The summed E-state index contributed by atoms with van der Waals surface area (Å²) < 4.78 is 6.33. The summed E-state index contributed by atoms with van der Waals surface area (Å²) in [6.45, 7) is 0.809. The van der Waals surface area contributed by atoms with Gasteiger partial charge >= 0.3 is 0 Å². The van der Waals surface area contributed by atoms with E-state index in [-0.39, 0.29) is 36.2 Å². The summed E-state index contributed by atoms with van der Waals surface area (Å²) in [5.74, 6) is 0.0480. The van der Waals surface area contributed by atoms with Crippen molar-refractivity contribution in [3.63, 3.8) is 0 Å². The van der Waals surface area contributed by atoms with Gasteiger partial charge in [0.2, 0.25) is 0 Å². The number of aliphatic hydroxyl groups excluding tert-OH is 1. The summed E-state index contributed by atoms with van der Waals surface area (Å²) in [5, 5.41) is 44.7. The summed E-state index contributed by atoms with van der Waals surface area (Å²) in [6, 6.07) is 3.13. The lowest BCUT2D eigenvalue weighted by Gasteiger charge is -2.66. The molecule has 3 fully saturated rings.